The van der Waals surface area contributed by atoms with Crippen LogP contribution in [0.5, 0.6) is 0 Å². The fourth-order valence-electron chi connectivity index (χ4n) is 1.81. The van der Waals surface area contributed by atoms with Crippen LogP contribution in [0.4, 0.5) is 5.95 Å². The lowest BCUT2D eigenvalue weighted by atomic mass is 10.0. The standard InChI is InChI=1S/C14H16N4O2/c1-20-13(19)12(15)6-9-2-4-10(5-3-9)11-7-17-14(16)18-8-11/h2-5,7-8,12H,6,15H2,1H3,(H2,16,17,18). The Kier molecular flexibility index (Phi) is 4.27. The van der Waals surface area contributed by atoms with Crippen molar-refractivity contribution in [3.05, 3.63) is 42.2 Å². The number of ether oxygens (including phenoxy) is 1. The molecule has 0 aliphatic carbocycles. The van der Waals surface area contributed by atoms with Gasteiger partial charge >= 0.3 is 5.97 Å². The first-order valence-corrected chi connectivity index (χ1v) is 6.10. The van der Waals surface area contributed by atoms with Gasteiger partial charge in [0.15, 0.2) is 0 Å². The zero-order valence-electron chi connectivity index (χ0n) is 11.1. The molecule has 1 unspecified atom stereocenters. The Bertz CT molecular complexity index is 581. The second-order valence-electron chi connectivity index (χ2n) is 4.36. The number of carbonyl (C=O) groups excluding carboxylic acids is 1. The number of hydrogen-bond acceptors (Lipinski definition) is 6. The minimum Gasteiger partial charge on any atom is -0.468 e. The molecule has 0 bridgehead atoms. The van der Waals surface area contributed by atoms with Crippen molar-refractivity contribution in [1.82, 2.24) is 9.97 Å². The van der Waals surface area contributed by atoms with E-state index in [1.807, 2.05) is 24.3 Å². The Morgan fingerprint density at radius 3 is 2.35 bits per heavy atom. The number of methoxy groups -OCH3 is 1. The van der Waals surface area contributed by atoms with Gasteiger partial charge in [-0.15, -0.1) is 0 Å². The number of nitrogens with two attached hydrogens (primary N) is 2. The summed E-state index contributed by atoms with van der Waals surface area (Å²) in [4.78, 5) is 19.2. The lowest BCUT2D eigenvalue weighted by Crippen LogP contribution is -2.33. The number of rotatable bonds is 4. The van der Waals surface area contributed by atoms with Crippen LogP contribution in [0.25, 0.3) is 11.1 Å². The maximum absolute atomic E-state index is 11.3. The molecule has 6 heteroatoms. The van der Waals surface area contributed by atoms with Crippen molar-refractivity contribution >= 4 is 11.9 Å². The van der Waals surface area contributed by atoms with Gasteiger partial charge in [0.2, 0.25) is 5.95 Å². The Labute approximate surface area is 116 Å². The summed E-state index contributed by atoms with van der Waals surface area (Å²) in [6.07, 6.45) is 3.76. The molecular formula is C14H16N4O2. The maximum Gasteiger partial charge on any atom is 0.322 e. The average molecular weight is 272 g/mol. The molecule has 0 saturated carbocycles. The summed E-state index contributed by atoms with van der Waals surface area (Å²) in [5, 5.41) is 0. The van der Waals surface area contributed by atoms with Crippen LogP contribution >= 0.6 is 0 Å². The van der Waals surface area contributed by atoms with Gasteiger partial charge in [-0.25, -0.2) is 9.97 Å². The summed E-state index contributed by atoms with van der Waals surface area (Å²) < 4.78 is 4.60. The van der Waals surface area contributed by atoms with E-state index in [1.165, 1.54) is 7.11 Å². The number of carbonyl (C=O) groups is 1. The van der Waals surface area contributed by atoms with Crippen LogP contribution in [0.3, 0.4) is 0 Å². The van der Waals surface area contributed by atoms with Gasteiger partial charge in [-0.1, -0.05) is 24.3 Å². The maximum atomic E-state index is 11.3. The summed E-state index contributed by atoms with van der Waals surface area (Å²) in [5.41, 5.74) is 14.0. The Balaban J connectivity index is 2.10. The second kappa shape index (κ2) is 6.12. The van der Waals surface area contributed by atoms with E-state index in [-0.39, 0.29) is 5.95 Å². The Morgan fingerprint density at radius 1 is 1.20 bits per heavy atom. The molecule has 2 rings (SSSR count). The molecule has 0 spiro atoms. The van der Waals surface area contributed by atoms with Crippen LogP contribution < -0.4 is 11.5 Å². The molecule has 0 saturated heterocycles. The molecule has 1 aromatic heterocycles. The molecule has 0 aliphatic heterocycles. The van der Waals surface area contributed by atoms with Gasteiger partial charge in [-0.05, 0) is 17.5 Å². The first-order chi connectivity index (χ1) is 9.60. The quantitative estimate of drug-likeness (QED) is 0.797. The van der Waals surface area contributed by atoms with Crippen molar-refractivity contribution < 1.29 is 9.53 Å². The third-order valence-electron chi connectivity index (χ3n) is 2.92. The van der Waals surface area contributed by atoms with Crippen molar-refractivity contribution in [2.45, 2.75) is 12.5 Å². The Hall–Kier alpha value is -2.47. The third kappa shape index (κ3) is 3.30. The van der Waals surface area contributed by atoms with Crippen molar-refractivity contribution in [3.8, 4) is 11.1 Å². The normalized spacial score (nSPS) is 11.9. The Morgan fingerprint density at radius 2 is 1.80 bits per heavy atom. The van der Waals surface area contributed by atoms with Gasteiger partial charge in [0.25, 0.3) is 0 Å². The number of anilines is 1. The molecule has 6 nitrogen and oxygen atoms in total. The zero-order chi connectivity index (χ0) is 14.5. The minimum atomic E-state index is -0.647. The van der Waals surface area contributed by atoms with E-state index in [4.69, 9.17) is 11.5 Å². The molecule has 104 valence electrons. The number of hydrogen-bond donors (Lipinski definition) is 2. The molecule has 1 aromatic carbocycles. The van der Waals surface area contributed by atoms with Crippen molar-refractivity contribution in [3.63, 3.8) is 0 Å². The fourth-order valence-corrected chi connectivity index (χ4v) is 1.81. The van der Waals surface area contributed by atoms with Gasteiger partial charge in [0.1, 0.15) is 6.04 Å². The first kappa shape index (κ1) is 14.0. The lowest BCUT2D eigenvalue weighted by Gasteiger charge is -2.09. The van der Waals surface area contributed by atoms with Crippen LogP contribution in [0.2, 0.25) is 0 Å². The van der Waals surface area contributed by atoms with Gasteiger partial charge in [0.05, 0.1) is 7.11 Å². The van der Waals surface area contributed by atoms with E-state index in [0.29, 0.717) is 6.42 Å². The second-order valence-corrected chi connectivity index (χ2v) is 4.36. The largest absolute Gasteiger partial charge is 0.468 e. The topological polar surface area (TPSA) is 104 Å². The molecule has 2 aromatic rings. The highest BCUT2D eigenvalue weighted by atomic mass is 16.5. The lowest BCUT2D eigenvalue weighted by molar-refractivity contribution is -0.142. The number of esters is 1. The van der Waals surface area contributed by atoms with Crippen molar-refractivity contribution in [2.24, 2.45) is 5.73 Å². The van der Waals surface area contributed by atoms with Crippen LogP contribution in [0.1, 0.15) is 5.56 Å². The molecule has 20 heavy (non-hydrogen) atoms. The highest BCUT2D eigenvalue weighted by molar-refractivity contribution is 5.75. The minimum absolute atomic E-state index is 0.245. The molecule has 0 fully saturated rings. The summed E-state index contributed by atoms with van der Waals surface area (Å²) in [7, 11) is 1.33. The van der Waals surface area contributed by atoms with Crippen molar-refractivity contribution in [1.29, 1.82) is 0 Å². The van der Waals surface area contributed by atoms with Crippen LogP contribution in [-0.4, -0.2) is 29.1 Å². The van der Waals surface area contributed by atoms with E-state index in [0.717, 1.165) is 16.7 Å². The zero-order valence-corrected chi connectivity index (χ0v) is 11.1. The number of benzene rings is 1. The van der Waals surface area contributed by atoms with E-state index in [1.54, 1.807) is 12.4 Å². The van der Waals surface area contributed by atoms with Gasteiger partial charge in [-0.2, -0.15) is 0 Å². The summed E-state index contributed by atoms with van der Waals surface area (Å²) >= 11 is 0. The summed E-state index contributed by atoms with van der Waals surface area (Å²) in [5.74, 6) is -0.171. The van der Waals surface area contributed by atoms with Gasteiger partial charge < -0.3 is 16.2 Å². The summed E-state index contributed by atoms with van der Waals surface area (Å²) in [6, 6.07) is 7.02. The van der Waals surface area contributed by atoms with E-state index in [2.05, 4.69) is 14.7 Å². The van der Waals surface area contributed by atoms with E-state index in [9.17, 15) is 4.79 Å². The molecule has 4 N–H and O–H groups in total. The molecule has 0 radical (unpaired) electrons. The van der Waals surface area contributed by atoms with Gasteiger partial charge in [-0.3, -0.25) is 4.79 Å². The first-order valence-electron chi connectivity index (χ1n) is 6.10. The molecular weight excluding hydrogens is 256 g/mol. The van der Waals surface area contributed by atoms with Crippen LogP contribution in [0, 0.1) is 0 Å². The molecule has 1 heterocycles. The van der Waals surface area contributed by atoms with Crippen molar-refractivity contribution in [2.75, 3.05) is 12.8 Å². The molecule has 0 aliphatic rings. The number of aromatic nitrogens is 2. The monoisotopic (exact) mass is 272 g/mol. The van der Waals surface area contributed by atoms with E-state index >= 15 is 0 Å². The van der Waals surface area contributed by atoms with Crippen LogP contribution in [-0.2, 0) is 16.0 Å². The van der Waals surface area contributed by atoms with Gasteiger partial charge in [0, 0.05) is 18.0 Å². The fraction of sp³-hybridized carbons (Fsp3) is 0.214. The predicted octanol–water partition coefficient (Wildman–Crippen LogP) is 0.769. The number of nitrogen functional groups attached to an aromatic ring is 1. The molecule has 0 amide bonds. The van der Waals surface area contributed by atoms with Crippen LogP contribution in [0.15, 0.2) is 36.7 Å². The third-order valence-corrected chi connectivity index (χ3v) is 2.92. The van der Waals surface area contributed by atoms with E-state index < -0.39 is 12.0 Å². The number of nitrogens with zero attached hydrogens (tertiary/aromatic N) is 2. The predicted molar refractivity (Wildman–Crippen MR) is 75.6 cm³/mol. The smallest absolute Gasteiger partial charge is 0.322 e. The highest BCUT2D eigenvalue weighted by Gasteiger charge is 2.14. The highest BCUT2D eigenvalue weighted by Crippen LogP contribution is 2.18. The summed E-state index contributed by atoms with van der Waals surface area (Å²) in [6.45, 7) is 0. The average Bonchev–Trinajstić information content (AvgIpc) is 2.48. The SMILES string of the molecule is COC(=O)C(N)Cc1ccc(-c2cnc(N)nc2)cc1. The molecule has 1 atom stereocenters.